The average Bonchev–Trinajstić information content (AvgIpc) is 2.80. The summed E-state index contributed by atoms with van der Waals surface area (Å²) >= 11 is 0. The molecule has 0 aliphatic heterocycles. The molecule has 0 aliphatic rings. The first-order valence-electron chi connectivity index (χ1n) is 10.1. The number of carbonyl (C=O) groups is 2. The molecule has 0 aliphatic carbocycles. The second-order valence-electron chi connectivity index (χ2n) is 6.97. The summed E-state index contributed by atoms with van der Waals surface area (Å²) < 4.78 is 36.5. The third-order valence-corrected chi connectivity index (χ3v) is 4.33. The van der Waals surface area contributed by atoms with E-state index in [1.807, 2.05) is 6.07 Å². The zero-order valence-corrected chi connectivity index (χ0v) is 18.5. The summed E-state index contributed by atoms with van der Waals surface area (Å²) in [5.41, 5.74) is -0.102. The number of hydrogen-bond donors (Lipinski definition) is 3. The summed E-state index contributed by atoms with van der Waals surface area (Å²) in [5, 5.41) is 20.7. The zero-order chi connectivity index (χ0) is 25.1. The van der Waals surface area contributed by atoms with Crippen LogP contribution in [-0.4, -0.2) is 46.8 Å². The monoisotopic (exact) mass is 474 g/mol. The number of carbonyl (C=O) groups excluding carboxylic acids is 2. The Morgan fingerprint density at radius 3 is 2.38 bits per heavy atom. The van der Waals surface area contributed by atoms with Crippen molar-refractivity contribution in [2.45, 2.75) is 19.4 Å². The summed E-state index contributed by atoms with van der Waals surface area (Å²) in [7, 11) is 1.32. The molecule has 1 aromatic heterocycles. The van der Waals surface area contributed by atoms with Crippen LogP contribution in [0.5, 0.6) is 17.2 Å². The van der Waals surface area contributed by atoms with Gasteiger partial charge in [0, 0.05) is 24.8 Å². The Morgan fingerprint density at radius 2 is 1.79 bits per heavy atom. The largest absolute Gasteiger partial charge is 0.508 e. The number of methoxy groups -OCH3 is 1. The molecule has 0 fully saturated rings. The van der Waals surface area contributed by atoms with Crippen molar-refractivity contribution in [3.8, 4) is 17.2 Å². The van der Waals surface area contributed by atoms with Gasteiger partial charge in [0.2, 0.25) is 0 Å². The lowest BCUT2D eigenvalue weighted by Crippen LogP contribution is -2.33. The minimum atomic E-state index is -0.791. The molecule has 1 heterocycles. The molecular formula is C24H24F2N2O6. The lowest BCUT2D eigenvalue weighted by molar-refractivity contribution is -0.146. The lowest BCUT2D eigenvalue weighted by atomic mass is 10.1. The van der Waals surface area contributed by atoms with Gasteiger partial charge in [0.05, 0.1) is 7.11 Å². The van der Waals surface area contributed by atoms with E-state index in [1.165, 1.54) is 32.4 Å². The van der Waals surface area contributed by atoms with Gasteiger partial charge in [-0.3, -0.25) is 9.59 Å². The highest BCUT2D eigenvalue weighted by Crippen LogP contribution is 2.27. The second kappa shape index (κ2) is 12.7. The van der Waals surface area contributed by atoms with Crippen LogP contribution in [-0.2, 0) is 16.0 Å². The van der Waals surface area contributed by atoms with Crippen molar-refractivity contribution in [3.05, 3.63) is 83.7 Å². The minimum absolute atomic E-state index is 0.0457. The maximum absolute atomic E-state index is 13.6. The number of amides is 1. The predicted octanol–water partition coefficient (Wildman–Crippen LogP) is 3.37. The Hall–Kier alpha value is -4.21. The molecule has 0 spiro atoms. The van der Waals surface area contributed by atoms with E-state index >= 15 is 0 Å². The number of ether oxygens (including phenoxy) is 2. The average molecular weight is 474 g/mol. The fraction of sp³-hybridized carbons (Fsp3) is 0.208. The number of pyridine rings is 1. The molecule has 1 atom stereocenters. The third-order valence-electron chi connectivity index (χ3n) is 4.33. The highest BCUT2D eigenvalue weighted by atomic mass is 19.1. The molecule has 0 saturated carbocycles. The number of hydrogen-bond acceptors (Lipinski definition) is 7. The van der Waals surface area contributed by atoms with Gasteiger partial charge in [-0.25, -0.2) is 13.8 Å². The SMILES string of the molecule is COc1ccnc(C(=O)NCC(=O)OC(C)Cc2ccc(F)cc2F)c1O.Oc1ccccc1. The Bertz CT molecular complexity index is 1110. The summed E-state index contributed by atoms with van der Waals surface area (Å²) in [6.45, 7) is 1.06. The first-order valence-corrected chi connectivity index (χ1v) is 10.1. The van der Waals surface area contributed by atoms with Crippen LogP contribution in [0.2, 0.25) is 0 Å². The van der Waals surface area contributed by atoms with E-state index in [0.29, 0.717) is 5.75 Å². The molecule has 0 saturated heterocycles. The highest BCUT2D eigenvalue weighted by Gasteiger charge is 2.19. The minimum Gasteiger partial charge on any atom is -0.508 e. The van der Waals surface area contributed by atoms with Crippen LogP contribution < -0.4 is 10.1 Å². The smallest absolute Gasteiger partial charge is 0.325 e. The molecule has 2 aromatic carbocycles. The molecule has 10 heteroatoms. The summed E-state index contributed by atoms with van der Waals surface area (Å²) in [5.74, 6) is -3.05. The predicted molar refractivity (Wildman–Crippen MR) is 119 cm³/mol. The number of nitrogens with one attached hydrogen (secondary N) is 1. The van der Waals surface area contributed by atoms with Gasteiger partial charge in [-0.05, 0) is 30.7 Å². The molecule has 8 nitrogen and oxygen atoms in total. The second-order valence-corrected chi connectivity index (χ2v) is 6.97. The number of para-hydroxylation sites is 1. The number of phenolic OH excluding ortho intramolecular Hbond substituents is 1. The van der Waals surface area contributed by atoms with E-state index < -0.39 is 41.9 Å². The summed E-state index contributed by atoms with van der Waals surface area (Å²) in [4.78, 5) is 27.6. The van der Waals surface area contributed by atoms with Crippen LogP contribution in [0.25, 0.3) is 0 Å². The molecule has 180 valence electrons. The summed E-state index contributed by atoms with van der Waals surface area (Å²) in [6, 6.07) is 13.2. The van der Waals surface area contributed by atoms with Gasteiger partial charge in [0.25, 0.3) is 5.91 Å². The highest BCUT2D eigenvalue weighted by molar-refractivity contribution is 5.97. The van der Waals surface area contributed by atoms with Gasteiger partial charge in [0.15, 0.2) is 17.2 Å². The quantitative estimate of drug-likeness (QED) is 0.450. The first kappa shape index (κ1) is 26.0. The van der Waals surface area contributed by atoms with Gasteiger partial charge in [-0.15, -0.1) is 0 Å². The Labute approximate surface area is 194 Å². The molecule has 1 unspecified atom stereocenters. The van der Waals surface area contributed by atoms with Crippen molar-refractivity contribution in [1.82, 2.24) is 10.3 Å². The fourth-order valence-electron chi connectivity index (χ4n) is 2.74. The molecule has 3 rings (SSSR count). The number of rotatable bonds is 7. The fourth-order valence-corrected chi connectivity index (χ4v) is 2.74. The normalized spacial score (nSPS) is 10.9. The van der Waals surface area contributed by atoms with Crippen molar-refractivity contribution in [3.63, 3.8) is 0 Å². The lowest BCUT2D eigenvalue weighted by Gasteiger charge is -2.14. The van der Waals surface area contributed by atoms with Crippen molar-refractivity contribution < 1.29 is 38.1 Å². The third kappa shape index (κ3) is 8.05. The van der Waals surface area contributed by atoms with Crippen molar-refractivity contribution in [2.24, 2.45) is 0 Å². The molecule has 0 radical (unpaired) electrons. The number of phenols is 1. The van der Waals surface area contributed by atoms with Crippen LogP contribution in [0.3, 0.4) is 0 Å². The van der Waals surface area contributed by atoms with Gasteiger partial charge in [-0.2, -0.15) is 0 Å². The van der Waals surface area contributed by atoms with E-state index in [4.69, 9.17) is 14.6 Å². The van der Waals surface area contributed by atoms with Crippen LogP contribution >= 0.6 is 0 Å². The molecular weight excluding hydrogens is 450 g/mol. The number of aromatic nitrogens is 1. The molecule has 34 heavy (non-hydrogen) atoms. The van der Waals surface area contributed by atoms with Gasteiger partial charge in [-0.1, -0.05) is 24.3 Å². The maximum Gasteiger partial charge on any atom is 0.325 e. The van der Waals surface area contributed by atoms with Crippen LogP contribution in [0.4, 0.5) is 8.78 Å². The van der Waals surface area contributed by atoms with Crippen LogP contribution in [0, 0.1) is 11.6 Å². The van der Waals surface area contributed by atoms with E-state index in [9.17, 15) is 23.5 Å². The number of nitrogens with zero attached hydrogens (tertiary/aromatic N) is 1. The van der Waals surface area contributed by atoms with Crippen LogP contribution in [0.1, 0.15) is 23.0 Å². The van der Waals surface area contributed by atoms with Crippen LogP contribution in [0.15, 0.2) is 60.8 Å². The van der Waals surface area contributed by atoms with Gasteiger partial charge < -0.3 is 25.0 Å². The van der Waals surface area contributed by atoms with E-state index in [0.717, 1.165) is 12.1 Å². The van der Waals surface area contributed by atoms with Gasteiger partial charge >= 0.3 is 5.97 Å². The molecule has 0 bridgehead atoms. The number of esters is 1. The topological polar surface area (TPSA) is 118 Å². The molecule has 1 amide bonds. The Kier molecular flexibility index (Phi) is 9.75. The number of aromatic hydroxyl groups is 2. The zero-order valence-electron chi connectivity index (χ0n) is 18.5. The van der Waals surface area contributed by atoms with E-state index in [2.05, 4.69) is 10.3 Å². The van der Waals surface area contributed by atoms with Gasteiger partial charge in [0.1, 0.15) is 30.0 Å². The summed E-state index contributed by atoms with van der Waals surface area (Å²) in [6.07, 6.45) is 0.618. The van der Waals surface area contributed by atoms with Crippen molar-refractivity contribution >= 4 is 11.9 Å². The number of halogens is 2. The van der Waals surface area contributed by atoms with Crippen molar-refractivity contribution in [2.75, 3.05) is 13.7 Å². The first-order chi connectivity index (χ1) is 16.2. The Balaban J connectivity index is 0.000000497. The maximum atomic E-state index is 13.6. The number of benzene rings is 2. The van der Waals surface area contributed by atoms with Crippen molar-refractivity contribution in [1.29, 1.82) is 0 Å². The molecule has 3 aromatic rings. The molecule has 3 N–H and O–H groups in total. The van der Waals surface area contributed by atoms with E-state index in [-0.39, 0.29) is 23.4 Å². The standard InChI is InChI=1S/C18H18F2N2O5.C6H6O/c1-10(7-11-3-4-12(19)8-13(11)20)27-15(23)9-22-18(25)16-17(24)14(26-2)5-6-21-16;7-6-4-2-1-3-5-6/h3-6,8,10,24H,7,9H2,1-2H3,(H,22,25);1-5,7H. The Morgan fingerprint density at radius 1 is 1.09 bits per heavy atom. The van der Waals surface area contributed by atoms with E-state index in [1.54, 1.807) is 24.3 Å².